The second kappa shape index (κ2) is 6.50. The van der Waals surface area contributed by atoms with Crippen LogP contribution in [0, 0.1) is 5.82 Å². The fourth-order valence-corrected chi connectivity index (χ4v) is 2.46. The van der Waals surface area contributed by atoms with Crippen molar-refractivity contribution in [2.75, 3.05) is 7.11 Å². The van der Waals surface area contributed by atoms with Crippen molar-refractivity contribution in [1.82, 2.24) is 4.98 Å². The van der Waals surface area contributed by atoms with Crippen LogP contribution in [0.25, 0.3) is 28.1 Å². The molecule has 3 rings (SSSR count). The molecule has 0 radical (unpaired) electrons. The molecular weight excluding hydrogens is 309 g/mol. The number of pyridine rings is 1. The molecule has 0 saturated heterocycles. The monoisotopic (exact) mass is 323 g/mol. The average molecular weight is 323 g/mol. The maximum absolute atomic E-state index is 14.0. The smallest absolute Gasteiger partial charge is 0.328 e. The Morgan fingerprint density at radius 1 is 1.21 bits per heavy atom. The lowest BCUT2D eigenvalue weighted by atomic mass is 10.0. The van der Waals surface area contributed by atoms with Gasteiger partial charge in [-0.2, -0.15) is 0 Å². The first-order chi connectivity index (χ1) is 11.6. The van der Waals surface area contributed by atoms with Gasteiger partial charge in [0.05, 0.1) is 12.8 Å². The molecule has 2 aromatic carbocycles. The molecule has 0 aliphatic rings. The number of carboxylic acid groups (broad SMARTS) is 1. The lowest BCUT2D eigenvalue weighted by Gasteiger charge is -2.08. The third-order valence-electron chi connectivity index (χ3n) is 3.61. The van der Waals surface area contributed by atoms with E-state index in [0.717, 1.165) is 17.0 Å². The Kier molecular flexibility index (Phi) is 4.24. The lowest BCUT2D eigenvalue weighted by molar-refractivity contribution is -0.131. The average Bonchev–Trinajstić information content (AvgIpc) is 2.60. The number of ether oxygens (including phenoxy) is 1. The molecule has 1 heterocycles. The Balaban J connectivity index is 2.06. The van der Waals surface area contributed by atoms with Crippen LogP contribution in [0.5, 0.6) is 5.88 Å². The van der Waals surface area contributed by atoms with Gasteiger partial charge in [-0.15, -0.1) is 0 Å². The Bertz CT molecular complexity index is 950. The highest BCUT2D eigenvalue weighted by atomic mass is 19.1. The molecule has 0 saturated carbocycles. The lowest BCUT2D eigenvalue weighted by Crippen LogP contribution is -1.94. The number of halogens is 1. The molecule has 5 heteroatoms. The first-order valence-corrected chi connectivity index (χ1v) is 7.23. The van der Waals surface area contributed by atoms with Gasteiger partial charge in [-0.05, 0) is 35.7 Å². The number of hydrogen-bond acceptors (Lipinski definition) is 3. The maximum atomic E-state index is 14.0. The van der Waals surface area contributed by atoms with E-state index >= 15 is 0 Å². The van der Waals surface area contributed by atoms with Gasteiger partial charge in [0.1, 0.15) is 5.82 Å². The fraction of sp³-hybridized carbons (Fsp3) is 0.0526. The Morgan fingerprint density at radius 3 is 2.79 bits per heavy atom. The van der Waals surface area contributed by atoms with Gasteiger partial charge in [0.25, 0.3) is 0 Å². The summed E-state index contributed by atoms with van der Waals surface area (Å²) in [6.45, 7) is 0. The largest absolute Gasteiger partial charge is 0.481 e. The highest BCUT2D eigenvalue weighted by molar-refractivity contribution is 5.88. The van der Waals surface area contributed by atoms with Crippen LogP contribution in [-0.4, -0.2) is 23.2 Å². The van der Waals surface area contributed by atoms with Crippen LogP contribution in [-0.2, 0) is 4.79 Å². The van der Waals surface area contributed by atoms with E-state index in [4.69, 9.17) is 9.84 Å². The predicted octanol–water partition coefficient (Wildman–Crippen LogP) is 4.15. The number of carboxylic acids is 1. The minimum Gasteiger partial charge on any atom is -0.481 e. The van der Waals surface area contributed by atoms with Crippen molar-refractivity contribution in [2.45, 2.75) is 0 Å². The van der Waals surface area contributed by atoms with E-state index in [1.165, 1.54) is 19.3 Å². The summed E-state index contributed by atoms with van der Waals surface area (Å²) in [4.78, 5) is 15.0. The zero-order chi connectivity index (χ0) is 17.1. The van der Waals surface area contributed by atoms with Crippen molar-refractivity contribution >= 4 is 22.8 Å². The molecule has 24 heavy (non-hydrogen) atoms. The zero-order valence-corrected chi connectivity index (χ0v) is 12.9. The van der Waals surface area contributed by atoms with Gasteiger partial charge in [-0.25, -0.2) is 14.2 Å². The van der Waals surface area contributed by atoms with Crippen LogP contribution in [0.4, 0.5) is 4.39 Å². The van der Waals surface area contributed by atoms with E-state index in [1.54, 1.807) is 24.3 Å². The molecule has 120 valence electrons. The van der Waals surface area contributed by atoms with Gasteiger partial charge < -0.3 is 9.84 Å². The quantitative estimate of drug-likeness (QED) is 0.733. The highest BCUT2D eigenvalue weighted by Crippen LogP contribution is 2.28. The van der Waals surface area contributed by atoms with Crippen LogP contribution in [0.2, 0.25) is 0 Å². The summed E-state index contributed by atoms with van der Waals surface area (Å²) in [5.41, 5.74) is 1.92. The minimum atomic E-state index is -1.05. The van der Waals surface area contributed by atoms with E-state index in [9.17, 15) is 9.18 Å². The third kappa shape index (κ3) is 3.10. The van der Waals surface area contributed by atoms with Crippen LogP contribution in [0.1, 0.15) is 5.56 Å². The second-order valence-electron chi connectivity index (χ2n) is 5.14. The number of carbonyl (C=O) groups is 1. The number of benzene rings is 2. The molecule has 0 unspecified atom stereocenters. The van der Waals surface area contributed by atoms with Crippen molar-refractivity contribution in [1.29, 1.82) is 0 Å². The number of hydrogen-bond donors (Lipinski definition) is 1. The van der Waals surface area contributed by atoms with E-state index in [0.29, 0.717) is 22.5 Å². The molecule has 0 atom stereocenters. The molecule has 0 fully saturated rings. The number of methoxy groups -OCH3 is 1. The Labute approximate surface area is 137 Å². The summed E-state index contributed by atoms with van der Waals surface area (Å²) in [5, 5.41) is 10.0. The van der Waals surface area contributed by atoms with Crippen LogP contribution >= 0.6 is 0 Å². The number of aliphatic carboxylic acids is 1. The van der Waals surface area contributed by atoms with Crippen LogP contribution in [0.3, 0.4) is 0 Å². The zero-order valence-electron chi connectivity index (χ0n) is 12.9. The molecule has 0 aliphatic carbocycles. The first kappa shape index (κ1) is 15.7. The first-order valence-electron chi connectivity index (χ1n) is 7.23. The number of rotatable bonds is 4. The van der Waals surface area contributed by atoms with E-state index < -0.39 is 5.97 Å². The number of fused-ring (bicyclic) bond motifs is 1. The number of aromatic nitrogens is 1. The third-order valence-corrected chi connectivity index (χ3v) is 3.61. The minimum absolute atomic E-state index is 0.290. The van der Waals surface area contributed by atoms with E-state index in [1.807, 2.05) is 18.2 Å². The van der Waals surface area contributed by atoms with E-state index in [-0.39, 0.29) is 5.82 Å². The standard InChI is InChI=1S/C19H14FNO3/c1-24-19-13(8-10-18(22)23)7-9-17(21-19)14-6-5-12-3-2-4-16(20)15(12)11-14/h2-11H,1H3,(H,22,23). The molecule has 0 spiro atoms. The summed E-state index contributed by atoms with van der Waals surface area (Å²) in [5.74, 6) is -1.04. The molecule has 4 nitrogen and oxygen atoms in total. The van der Waals surface area contributed by atoms with Crippen molar-refractivity contribution in [3.63, 3.8) is 0 Å². The van der Waals surface area contributed by atoms with Crippen molar-refractivity contribution in [3.05, 3.63) is 66.0 Å². The molecule has 1 aromatic heterocycles. The molecule has 1 N–H and O–H groups in total. The normalized spacial score (nSPS) is 11.1. The summed E-state index contributed by atoms with van der Waals surface area (Å²) in [6.07, 6.45) is 2.43. The molecule has 0 amide bonds. The molecular formula is C19H14FNO3. The van der Waals surface area contributed by atoms with Crippen molar-refractivity contribution in [2.24, 2.45) is 0 Å². The van der Waals surface area contributed by atoms with Gasteiger partial charge in [0, 0.05) is 22.6 Å². The highest BCUT2D eigenvalue weighted by Gasteiger charge is 2.08. The summed E-state index contributed by atoms with van der Waals surface area (Å²) in [7, 11) is 1.46. The molecule has 0 aliphatic heterocycles. The van der Waals surface area contributed by atoms with Crippen LogP contribution < -0.4 is 4.74 Å². The molecule has 3 aromatic rings. The summed E-state index contributed by atoms with van der Waals surface area (Å²) in [6, 6.07) is 13.8. The Morgan fingerprint density at radius 2 is 2.04 bits per heavy atom. The topological polar surface area (TPSA) is 59.4 Å². The predicted molar refractivity (Wildman–Crippen MR) is 90.4 cm³/mol. The summed E-state index contributed by atoms with van der Waals surface area (Å²) >= 11 is 0. The SMILES string of the molecule is COc1nc(-c2ccc3cccc(F)c3c2)ccc1C=CC(=O)O. The number of nitrogens with zero attached hydrogens (tertiary/aromatic N) is 1. The fourth-order valence-electron chi connectivity index (χ4n) is 2.46. The van der Waals surface area contributed by atoms with Gasteiger partial charge in [0.15, 0.2) is 0 Å². The van der Waals surface area contributed by atoms with Crippen molar-refractivity contribution < 1.29 is 19.0 Å². The van der Waals surface area contributed by atoms with Crippen LogP contribution in [0.15, 0.2) is 54.6 Å². The summed E-state index contributed by atoms with van der Waals surface area (Å²) < 4.78 is 19.2. The maximum Gasteiger partial charge on any atom is 0.328 e. The van der Waals surface area contributed by atoms with Gasteiger partial charge in [0.2, 0.25) is 5.88 Å². The van der Waals surface area contributed by atoms with Gasteiger partial charge in [-0.1, -0.05) is 24.3 Å². The van der Waals surface area contributed by atoms with Gasteiger partial charge >= 0.3 is 5.97 Å². The Hall–Kier alpha value is -3.21. The van der Waals surface area contributed by atoms with Crippen molar-refractivity contribution in [3.8, 4) is 17.1 Å². The van der Waals surface area contributed by atoms with Gasteiger partial charge in [-0.3, -0.25) is 0 Å². The van der Waals surface area contributed by atoms with E-state index in [2.05, 4.69) is 4.98 Å². The second-order valence-corrected chi connectivity index (χ2v) is 5.14. The molecule has 0 bridgehead atoms.